The summed E-state index contributed by atoms with van der Waals surface area (Å²) in [6, 6.07) is 12.6. The van der Waals surface area contributed by atoms with Crippen LogP contribution >= 0.6 is 0 Å². The highest BCUT2D eigenvalue weighted by Crippen LogP contribution is 2.29. The van der Waals surface area contributed by atoms with Gasteiger partial charge in [-0.15, -0.1) is 0 Å². The van der Waals surface area contributed by atoms with Crippen LogP contribution in [0.4, 0.5) is 5.69 Å². The van der Waals surface area contributed by atoms with Crippen LogP contribution in [0.2, 0.25) is 0 Å². The molecule has 2 N–H and O–H groups in total. The van der Waals surface area contributed by atoms with E-state index >= 15 is 0 Å². The Balaban J connectivity index is 1.80. The third kappa shape index (κ3) is 3.15. The van der Waals surface area contributed by atoms with E-state index in [4.69, 9.17) is 15.5 Å². The molecule has 1 saturated heterocycles. The van der Waals surface area contributed by atoms with Gasteiger partial charge in [-0.3, -0.25) is 4.90 Å². The van der Waals surface area contributed by atoms with Crippen LogP contribution in [-0.2, 0) is 6.54 Å². The van der Waals surface area contributed by atoms with Crippen molar-refractivity contribution in [2.45, 2.75) is 38.8 Å². The fourth-order valence-electron chi connectivity index (χ4n) is 3.83. The van der Waals surface area contributed by atoms with Crippen molar-refractivity contribution in [3.05, 3.63) is 48.3 Å². The molecule has 26 heavy (non-hydrogen) atoms. The van der Waals surface area contributed by atoms with Gasteiger partial charge in [-0.2, -0.15) is 0 Å². The van der Waals surface area contributed by atoms with E-state index in [1.807, 2.05) is 30.5 Å². The van der Waals surface area contributed by atoms with E-state index in [1.54, 1.807) is 7.11 Å². The smallest absolute Gasteiger partial charge is 0.137 e. The summed E-state index contributed by atoms with van der Waals surface area (Å²) in [5.74, 6) is 0.855. The minimum atomic E-state index is 0.596. The molecule has 1 fully saturated rings. The standard InChI is InChI=1S/C21H26N4O/c1-15-5-3-4-12-24(15)14-19-21(16-6-9-18(26-2)10-7-16)23-20-11-8-17(22)13-25(19)20/h6-11,13,15H,3-5,12,14,22H2,1-2H3. The zero-order chi connectivity index (χ0) is 18.1. The Hall–Kier alpha value is -2.53. The third-order valence-electron chi connectivity index (χ3n) is 5.40. The van der Waals surface area contributed by atoms with E-state index in [2.05, 4.69) is 28.4 Å². The number of imidazole rings is 1. The lowest BCUT2D eigenvalue weighted by Gasteiger charge is -2.33. The molecule has 4 rings (SSSR count). The van der Waals surface area contributed by atoms with Crippen LogP contribution in [-0.4, -0.2) is 34.0 Å². The average Bonchev–Trinajstić information content (AvgIpc) is 3.01. The maximum atomic E-state index is 6.06. The monoisotopic (exact) mass is 350 g/mol. The zero-order valence-corrected chi connectivity index (χ0v) is 15.5. The van der Waals surface area contributed by atoms with Gasteiger partial charge in [-0.25, -0.2) is 4.98 Å². The lowest BCUT2D eigenvalue weighted by atomic mass is 10.0. The second-order valence-corrected chi connectivity index (χ2v) is 7.14. The van der Waals surface area contributed by atoms with Crippen molar-refractivity contribution < 1.29 is 4.74 Å². The molecule has 0 saturated carbocycles. The number of anilines is 1. The van der Waals surface area contributed by atoms with Gasteiger partial charge < -0.3 is 14.9 Å². The number of methoxy groups -OCH3 is 1. The molecule has 1 atom stereocenters. The lowest BCUT2D eigenvalue weighted by Crippen LogP contribution is -2.37. The number of ether oxygens (including phenoxy) is 1. The van der Waals surface area contributed by atoms with Crippen molar-refractivity contribution in [1.82, 2.24) is 14.3 Å². The molecule has 3 heterocycles. The second kappa shape index (κ2) is 7.00. The van der Waals surface area contributed by atoms with Gasteiger partial charge in [-0.1, -0.05) is 6.42 Å². The molecular weight excluding hydrogens is 324 g/mol. The zero-order valence-electron chi connectivity index (χ0n) is 15.5. The van der Waals surface area contributed by atoms with Crippen LogP contribution in [0.3, 0.4) is 0 Å². The number of hydrogen-bond donors (Lipinski definition) is 1. The highest BCUT2D eigenvalue weighted by molar-refractivity contribution is 5.68. The molecule has 2 aromatic heterocycles. The maximum absolute atomic E-state index is 6.06. The van der Waals surface area contributed by atoms with E-state index in [0.717, 1.165) is 41.4 Å². The molecule has 1 aromatic carbocycles. The summed E-state index contributed by atoms with van der Waals surface area (Å²) in [4.78, 5) is 7.47. The minimum absolute atomic E-state index is 0.596. The quantitative estimate of drug-likeness (QED) is 0.774. The first-order valence-electron chi connectivity index (χ1n) is 9.30. The van der Waals surface area contributed by atoms with Crippen LogP contribution in [0.5, 0.6) is 5.75 Å². The molecular formula is C21H26N4O. The third-order valence-corrected chi connectivity index (χ3v) is 5.40. The number of hydrogen-bond acceptors (Lipinski definition) is 4. The van der Waals surface area contributed by atoms with Crippen LogP contribution < -0.4 is 10.5 Å². The molecule has 0 spiro atoms. The van der Waals surface area contributed by atoms with Gasteiger partial charge in [-0.05, 0) is 62.7 Å². The predicted octanol–water partition coefficient (Wildman–Crippen LogP) is 3.97. The van der Waals surface area contributed by atoms with Crippen molar-refractivity contribution in [2.24, 2.45) is 0 Å². The SMILES string of the molecule is COc1ccc(-c2nc3ccc(N)cn3c2CN2CCCCC2C)cc1. The number of likely N-dealkylation sites (tertiary alicyclic amines) is 1. The van der Waals surface area contributed by atoms with Crippen molar-refractivity contribution in [1.29, 1.82) is 0 Å². The van der Waals surface area contributed by atoms with E-state index in [1.165, 1.54) is 25.0 Å². The van der Waals surface area contributed by atoms with Gasteiger partial charge in [0.25, 0.3) is 0 Å². The Bertz CT molecular complexity index is 900. The second-order valence-electron chi connectivity index (χ2n) is 7.14. The highest BCUT2D eigenvalue weighted by Gasteiger charge is 2.22. The summed E-state index contributed by atoms with van der Waals surface area (Å²) in [5.41, 5.74) is 11.1. The molecule has 0 aliphatic carbocycles. The van der Waals surface area contributed by atoms with Gasteiger partial charge in [0.1, 0.15) is 11.4 Å². The van der Waals surface area contributed by atoms with Crippen LogP contribution in [0.25, 0.3) is 16.9 Å². The van der Waals surface area contributed by atoms with Gasteiger partial charge >= 0.3 is 0 Å². The van der Waals surface area contributed by atoms with Gasteiger partial charge in [0.2, 0.25) is 0 Å². The lowest BCUT2D eigenvalue weighted by molar-refractivity contribution is 0.151. The molecule has 3 aromatic rings. The van der Waals surface area contributed by atoms with Crippen LogP contribution in [0.15, 0.2) is 42.6 Å². The summed E-state index contributed by atoms with van der Waals surface area (Å²) in [5, 5.41) is 0. The number of nitrogen functional groups attached to an aromatic ring is 1. The molecule has 1 aliphatic heterocycles. The number of aromatic nitrogens is 2. The van der Waals surface area contributed by atoms with E-state index in [0.29, 0.717) is 6.04 Å². The van der Waals surface area contributed by atoms with Crippen LogP contribution in [0.1, 0.15) is 31.9 Å². The Morgan fingerprint density at radius 3 is 2.69 bits per heavy atom. The number of fused-ring (bicyclic) bond motifs is 1. The Morgan fingerprint density at radius 1 is 1.15 bits per heavy atom. The minimum Gasteiger partial charge on any atom is -0.497 e. The maximum Gasteiger partial charge on any atom is 0.137 e. The summed E-state index contributed by atoms with van der Waals surface area (Å²) in [6.07, 6.45) is 5.83. The first-order valence-corrected chi connectivity index (χ1v) is 9.30. The highest BCUT2D eigenvalue weighted by atomic mass is 16.5. The summed E-state index contributed by atoms with van der Waals surface area (Å²) in [6.45, 7) is 4.34. The number of rotatable bonds is 4. The molecule has 0 radical (unpaired) electrons. The first-order chi connectivity index (χ1) is 12.7. The van der Waals surface area contributed by atoms with E-state index in [9.17, 15) is 0 Å². The largest absolute Gasteiger partial charge is 0.497 e. The van der Waals surface area contributed by atoms with Crippen molar-refractivity contribution in [3.8, 4) is 17.0 Å². The molecule has 1 aliphatic rings. The molecule has 0 bridgehead atoms. The number of nitrogens with zero attached hydrogens (tertiary/aromatic N) is 3. The number of pyridine rings is 1. The van der Waals surface area contributed by atoms with Crippen molar-refractivity contribution in [2.75, 3.05) is 19.4 Å². The van der Waals surface area contributed by atoms with Crippen molar-refractivity contribution >= 4 is 11.3 Å². The predicted molar refractivity (Wildman–Crippen MR) is 105 cm³/mol. The summed E-state index contributed by atoms with van der Waals surface area (Å²) < 4.78 is 7.44. The molecule has 1 unspecified atom stereocenters. The average molecular weight is 350 g/mol. The van der Waals surface area contributed by atoms with Gasteiger partial charge in [0, 0.05) is 30.0 Å². The summed E-state index contributed by atoms with van der Waals surface area (Å²) >= 11 is 0. The fraction of sp³-hybridized carbons (Fsp3) is 0.381. The Morgan fingerprint density at radius 2 is 1.96 bits per heavy atom. The number of benzene rings is 1. The molecule has 136 valence electrons. The first kappa shape index (κ1) is 16.9. The molecule has 5 heteroatoms. The topological polar surface area (TPSA) is 55.8 Å². The normalized spacial score (nSPS) is 18.3. The van der Waals surface area contributed by atoms with E-state index in [-0.39, 0.29) is 0 Å². The van der Waals surface area contributed by atoms with Crippen molar-refractivity contribution in [3.63, 3.8) is 0 Å². The molecule has 5 nitrogen and oxygen atoms in total. The van der Waals surface area contributed by atoms with E-state index < -0.39 is 0 Å². The fourth-order valence-corrected chi connectivity index (χ4v) is 3.83. The number of nitrogens with two attached hydrogens (primary N) is 1. The van der Waals surface area contributed by atoms with Gasteiger partial charge in [0.15, 0.2) is 0 Å². The Labute approximate surface area is 154 Å². The summed E-state index contributed by atoms with van der Waals surface area (Å²) in [7, 11) is 1.69. The van der Waals surface area contributed by atoms with Crippen LogP contribution in [0, 0.1) is 0 Å². The van der Waals surface area contributed by atoms with Gasteiger partial charge in [0.05, 0.1) is 18.5 Å². The number of piperidine rings is 1. The molecule has 0 amide bonds. The Kier molecular flexibility index (Phi) is 4.55.